The lowest BCUT2D eigenvalue weighted by Gasteiger charge is -2.42. The minimum absolute atomic E-state index is 0.0753. The van der Waals surface area contributed by atoms with Crippen LogP contribution in [0.3, 0.4) is 0 Å². The highest BCUT2D eigenvalue weighted by Gasteiger charge is 2.39. The van der Waals surface area contributed by atoms with Gasteiger partial charge in [0, 0.05) is 25.2 Å². The zero-order chi connectivity index (χ0) is 16.2. The summed E-state index contributed by atoms with van der Waals surface area (Å²) in [5, 5.41) is 7.83. The molecule has 1 fully saturated rings. The van der Waals surface area contributed by atoms with Gasteiger partial charge in [-0.15, -0.1) is 0 Å². The molecule has 1 aromatic carbocycles. The maximum atomic E-state index is 5.46. The van der Waals surface area contributed by atoms with Crippen molar-refractivity contribution in [3.8, 4) is 11.5 Å². The molecule has 0 unspecified atom stereocenters. The third kappa shape index (κ3) is 3.22. The number of nitrogens with one attached hydrogen (secondary N) is 1. The molecule has 0 aliphatic carbocycles. The van der Waals surface area contributed by atoms with Crippen LogP contribution in [0, 0.1) is 0 Å². The molecule has 3 aromatic rings. The second kappa shape index (κ2) is 6.55. The Kier molecular flexibility index (Phi) is 4.11. The van der Waals surface area contributed by atoms with E-state index in [9.17, 15) is 0 Å². The van der Waals surface area contributed by atoms with Gasteiger partial charge in [-0.2, -0.15) is 0 Å². The van der Waals surface area contributed by atoms with Crippen LogP contribution in [0.2, 0.25) is 0 Å². The molecule has 0 radical (unpaired) electrons. The van der Waals surface area contributed by atoms with Crippen LogP contribution in [-0.4, -0.2) is 28.9 Å². The summed E-state index contributed by atoms with van der Waals surface area (Å²) < 4.78 is 10.9. The molecule has 0 bridgehead atoms. The van der Waals surface area contributed by atoms with Crippen LogP contribution in [0.4, 0.5) is 0 Å². The van der Waals surface area contributed by atoms with Crippen molar-refractivity contribution in [1.29, 1.82) is 0 Å². The average Bonchev–Trinajstić information content (AvgIpc) is 3.07. The van der Waals surface area contributed by atoms with Gasteiger partial charge in [-0.1, -0.05) is 41.6 Å². The Morgan fingerprint density at radius 2 is 1.88 bits per heavy atom. The minimum Gasteiger partial charge on any atom is -0.377 e. The zero-order valence-corrected chi connectivity index (χ0v) is 13.3. The third-order valence-electron chi connectivity index (χ3n) is 4.26. The predicted molar refractivity (Wildman–Crippen MR) is 90.3 cm³/mol. The number of hydrogen-bond donors (Lipinski definition) is 1. The lowest BCUT2D eigenvalue weighted by Crippen LogP contribution is -2.61. The topological polar surface area (TPSA) is 60.2 Å². The summed E-state index contributed by atoms with van der Waals surface area (Å²) in [5.74, 6) is 0.698. The number of ether oxygens (including phenoxy) is 1. The van der Waals surface area contributed by atoms with E-state index in [4.69, 9.17) is 9.26 Å². The molecular weight excluding hydrogens is 302 g/mol. The summed E-state index contributed by atoms with van der Waals surface area (Å²) in [6.45, 7) is 2.19. The summed E-state index contributed by atoms with van der Waals surface area (Å²) in [6, 6.07) is 18.1. The lowest BCUT2D eigenvalue weighted by atomic mass is 9.90. The molecule has 0 spiro atoms. The first kappa shape index (κ1) is 15.1. The van der Waals surface area contributed by atoms with E-state index in [1.165, 1.54) is 5.56 Å². The Bertz CT molecular complexity index is 783. The van der Waals surface area contributed by atoms with Crippen molar-refractivity contribution in [2.24, 2.45) is 0 Å². The Labute approximate surface area is 140 Å². The number of rotatable bonds is 6. The van der Waals surface area contributed by atoms with E-state index in [1.54, 1.807) is 6.20 Å². The van der Waals surface area contributed by atoms with E-state index >= 15 is 0 Å². The number of benzene rings is 1. The Morgan fingerprint density at radius 3 is 2.58 bits per heavy atom. The van der Waals surface area contributed by atoms with E-state index in [2.05, 4.69) is 39.7 Å². The summed E-state index contributed by atoms with van der Waals surface area (Å²) in [4.78, 5) is 4.29. The fourth-order valence-corrected chi connectivity index (χ4v) is 2.87. The van der Waals surface area contributed by atoms with E-state index in [1.807, 2.05) is 30.3 Å². The Hall–Kier alpha value is -2.50. The first-order chi connectivity index (χ1) is 11.8. The Morgan fingerprint density at radius 1 is 1.04 bits per heavy atom. The van der Waals surface area contributed by atoms with Crippen molar-refractivity contribution in [2.45, 2.75) is 18.5 Å². The number of hydrogen-bond acceptors (Lipinski definition) is 5. The average molecular weight is 321 g/mol. The van der Waals surface area contributed by atoms with E-state index in [0.29, 0.717) is 19.0 Å². The van der Waals surface area contributed by atoms with Crippen LogP contribution < -0.4 is 5.32 Å². The highest BCUT2D eigenvalue weighted by Crippen LogP contribution is 2.25. The van der Waals surface area contributed by atoms with E-state index in [0.717, 1.165) is 24.4 Å². The normalized spacial score (nSPS) is 15.8. The van der Waals surface area contributed by atoms with Gasteiger partial charge in [-0.3, -0.25) is 4.98 Å². The quantitative estimate of drug-likeness (QED) is 0.756. The van der Waals surface area contributed by atoms with Crippen molar-refractivity contribution < 1.29 is 9.26 Å². The van der Waals surface area contributed by atoms with Gasteiger partial charge in [-0.05, 0) is 17.7 Å². The van der Waals surface area contributed by atoms with Crippen LogP contribution in [-0.2, 0) is 17.7 Å². The molecule has 4 rings (SSSR count). The van der Waals surface area contributed by atoms with Crippen molar-refractivity contribution in [3.63, 3.8) is 0 Å². The van der Waals surface area contributed by atoms with Gasteiger partial charge >= 0.3 is 0 Å². The zero-order valence-electron chi connectivity index (χ0n) is 13.3. The van der Waals surface area contributed by atoms with Gasteiger partial charge in [0.05, 0.1) is 24.4 Å². The van der Waals surface area contributed by atoms with E-state index in [-0.39, 0.29) is 5.54 Å². The largest absolute Gasteiger partial charge is 0.377 e. The molecule has 1 aliphatic heterocycles. The first-order valence-corrected chi connectivity index (χ1v) is 8.07. The highest BCUT2D eigenvalue weighted by atomic mass is 16.5. The van der Waals surface area contributed by atoms with Gasteiger partial charge in [0.25, 0.3) is 0 Å². The summed E-state index contributed by atoms with van der Waals surface area (Å²) in [5.41, 5.74) is 2.90. The lowest BCUT2D eigenvalue weighted by molar-refractivity contribution is -0.0755. The van der Waals surface area contributed by atoms with Crippen molar-refractivity contribution in [2.75, 3.05) is 13.2 Å². The van der Waals surface area contributed by atoms with Gasteiger partial charge in [0.1, 0.15) is 5.69 Å². The number of pyridine rings is 1. The summed E-state index contributed by atoms with van der Waals surface area (Å²) in [7, 11) is 0. The smallest absolute Gasteiger partial charge is 0.185 e. The summed E-state index contributed by atoms with van der Waals surface area (Å²) >= 11 is 0. The fourth-order valence-electron chi connectivity index (χ4n) is 2.87. The SMILES string of the molecule is c1ccc(CNC2(Cc3cc(-c4ccccn4)on3)COC2)cc1. The monoisotopic (exact) mass is 321 g/mol. The molecule has 1 aliphatic rings. The minimum atomic E-state index is -0.0753. The van der Waals surface area contributed by atoms with Gasteiger partial charge < -0.3 is 14.6 Å². The molecule has 122 valence electrons. The molecule has 0 atom stereocenters. The van der Waals surface area contributed by atoms with Crippen LogP contribution >= 0.6 is 0 Å². The molecule has 1 N–H and O–H groups in total. The maximum absolute atomic E-state index is 5.46. The van der Waals surface area contributed by atoms with Crippen LogP contribution in [0.25, 0.3) is 11.5 Å². The van der Waals surface area contributed by atoms with Crippen LogP contribution in [0.1, 0.15) is 11.3 Å². The molecule has 5 nitrogen and oxygen atoms in total. The van der Waals surface area contributed by atoms with E-state index < -0.39 is 0 Å². The molecule has 0 amide bonds. The number of nitrogens with zero attached hydrogens (tertiary/aromatic N) is 2. The third-order valence-corrected chi connectivity index (χ3v) is 4.26. The van der Waals surface area contributed by atoms with Crippen molar-refractivity contribution in [1.82, 2.24) is 15.5 Å². The second-order valence-corrected chi connectivity index (χ2v) is 6.19. The molecule has 0 saturated carbocycles. The van der Waals surface area contributed by atoms with Crippen molar-refractivity contribution in [3.05, 3.63) is 72.1 Å². The molecular formula is C19H19N3O2. The van der Waals surface area contributed by atoms with Crippen molar-refractivity contribution >= 4 is 0 Å². The first-order valence-electron chi connectivity index (χ1n) is 8.07. The molecule has 5 heteroatoms. The standard InChI is InChI=1S/C19H19N3O2/c1-2-6-15(7-3-1)12-21-19(13-23-14-19)11-16-10-18(24-22-16)17-8-4-5-9-20-17/h1-10,21H,11-14H2. The fraction of sp³-hybridized carbons (Fsp3) is 0.263. The van der Waals surface area contributed by atoms with Gasteiger partial charge in [0.15, 0.2) is 5.76 Å². The predicted octanol–water partition coefficient (Wildman–Crippen LogP) is 2.84. The Balaban J connectivity index is 1.44. The van der Waals surface area contributed by atoms with Gasteiger partial charge in [-0.25, -0.2) is 0 Å². The van der Waals surface area contributed by atoms with Gasteiger partial charge in [0.2, 0.25) is 0 Å². The molecule has 24 heavy (non-hydrogen) atoms. The van der Waals surface area contributed by atoms with Crippen LogP contribution in [0.5, 0.6) is 0 Å². The maximum Gasteiger partial charge on any atom is 0.185 e. The molecule has 2 aromatic heterocycles. The highest BCUT2D eigenvalue weighted by molar-refractivity contribution is 5.51. The molecule has 1 saturated heterocycles. The van der Waals surface area contributed by atoms with Crippen LogP contribution in [0.15, 0.2) is 65.3 Å². The number of aromatic nitrogens is 2. The second-order valence-electron chi connectivity index (χ2n) is 6.19. The summed E-state index contributed by atoms with van der Waals surface area (Å²) in [6.07, 6.45) is 2.52. The molecule has 3 heterocycles.